The number of hydrogen-bond donors (Lipinski definition) is 2. The number of rotatable bonds is 7. The van der Waals surface area contributed by atoms with Crippen molar-refractivity contribution in [2.45, 2.75) is 45.1 Å². The fourth-order valence-electron chi connectivity index (χ4n) is 3.87. The van der Waals surface area contributed by atoms with Crippen LogP contribution in [0.5, 0.6) is 0 Å². The highest BCUT2D eigenvalue weighted by atomic mass is 16.4. The van der Waals surface area contributed by atoms with Gasteiger partial charge >= 0.3 is 5.97 Å². The van der Waals surface area contributed by atoms with Crippen LogP contribution in [0, 0.1) is 5.41 Å². The molecule has 0 spiro atoms. The number of carbonyl (C=O) groups is 2. The van der Waals surface area contributed by atoms with Gasteiger partial charge in [0.05, 0.1) is 11.8 Å². The predicted molar refractivity (Wildman–Crippen MR) is 101 cm³/mol. The Kier molecular flexibility index (Phi) is 5.40. The minimum atomic E-state index is -0.694. The summed E-state index contributed by atoms with van der Waals surface area (Å²) in [6, 6.07) is 17.7. The first-order chi connectivity index (χ1) is 12.5. The van der Waals surface area contributed by atoms with Crippen molar-refractivity contribution in [1.82, 2.24) is 5.32 Å². The lowest BCUT2D eigenvalue weighted by Gasteiger charge is -2.46. The molecule has 2 N–H and O–H groups in total. The second-order valence-corrected chi connectivity index (χ2v) is 7.09. The van der Waals surface area contributed by atoms with Crippen molar-refractivity contribution < 1.29 is 14.7 Å². The molecule has 136 valence electrons. The van der Waals surface area contributed by atoms with Crippen molar-refractivity contribution in [1.29, 1.82) is 0 Å². The van der Waals surface area contributed by atoms with Gasteiger partial charge in [0.25, 0.3) is 0 Å². The second kappa shape index (κ2) is 7.73. The molecule has 2 aromatic carbocycles. The summed E-state index contributed by atoms with van der Waals surface area (Å²) in [5.74, 6) is -0.634. The molecule has 1 aliphatic rings. The Morgan fingerprint density at radius 3 is 2.31 bits per heavy atom. The second-order valence-electron chi connectivity index (χ2n) is 7.09. The molecule has 4 nitrogen and oxygen atoms in total. The molecule has 0 heterocycles. The zero-order chi connectivity index (χ0) is 18.6. The first-order valence-corrected chi connectivity index (χ1v) is 9.18. The first-order valence-electron chi connectivity index (χ1n) is 9.18. The average Bonchev–Trinajstić information content (AvgIpc) is 2.62. The highest BCUT2D eigenvalue weighted by Gasteiger charge is 2.51. The molecule has 1 unspecified atom stereocenters. The Labute approximate surface area is 154 Å². The number of carbonyl (C=O) groups excluding carboxylic acids is 1. The number of aliphatic carboxylic acids is 1. The third-order valence-corrected chi connectivity index (χ3v) is 5.68. The number of carboxylic acid groups (broad SMARTS) is 1. The Morgan fingerprint density at radius 1 is 1.08 bits per heavy atom. The van der Waals surface area contributed by atoms with E-state index in [9.17, 15) is 14.7 Å². The van der Waals surface area contributed by atoms with Crippen molar-refractivity contribution in [3.8, 4) is 0 Å². The number of carboxylic acids is 1. The summed E-state index contributed by atoms with van der Waals surface area (Å²) >= 11 is 0. The zero-order valence-electron chi connectivity index (χ0n) is 15.1. The van der Waals surface area contributed by atoms with Gasteiger partial charge in [0.2, 0.25) is 5.91 Å². The van der Waals surface area contributed by atoms with E-state index in [2.05, 4.69) is 5.32 Å². The first kappa shape index (κ1) is 18.2. The van der Waals surface area contributed by atoms with Crippen molar-refractivity contribution in [3.05, 3.63) is 71.3 Å². The van der Waals surface area contributed by atoms with Gasteiger partial charge in [-0.15, -0.1) is 0 Å². The fourth-order valence-corrected chi connectivity index (χ4v) is 3.87. The van der Waals surface area contributed by atoms with E-state index in [-0.39, 0.29) is 11.8 Å². The summed E-state index contributed by atoms with van der Waals surface area (Å²) in [4.78, 5) is 23.8. The molecular formula is C22H25NO3. The maximum Gasteiger partial charge on any atom is 0.310 e. The van der Waals surface area contributed by atoms with Crippen molar-refractivity contribution >= 4 is 11.9 Å². The van der Waals surface area contributed by atoms with Gasteiger partial charge in [-0.3, -0.25) is 9.59 Å². The Bertz CT molecular complexity index is 766. The van der Waals surface area contributed by atoms with Crippen LogP contribution in [0.25, 0.3) is 0 Å². The predicted octanol–water partition coefficient (Wildman–Crippen LogP) is 3.90. The topological polar surface area (TPSA) is 66.4 Å². The standard InChI is InChI=1S/C22H25NO3/c1-2-22(21(25)26)13-12-19(22)18-10-8-16(9-11-18)14-20(24)23-15-17-6-4-3-5-7-17/h3-11,19H,2,12-15H2,1H3,(H,23,24)(H,25,26)/t19-,22?/m0/s1. The summed E-state index contributed by atoms with van der Waals surface area (Å²) in [6.07, 6.45) is 2.64. The molecule has 2 aromatic rings. The van der Waals surface area contributed by atoms with Crippen LogP contribution in [0.1, 0.15) is 48.8 Å². The number of nitrogens with one attached hydrogen (secondary N) is 1. The summed E-state index contributed by atoms with van der Waals surface area (Å²) < 4.78 is 0. The van der Waals surface area contributed by atoms with Crippen LogP contribution in [0.3, 0.4) is 0 Å². The fraction of sp³-hybridized carbons (Fsp3) is 0.364. The van der Waals surface area contributed by atoms with Gasteiger partial charge in [0.15, 0.2) is 0 Å². The summed E-state index contributed by atoms with van der Waals surface area (Å²) in [7, 11) is 0. The average molecular weight is 351 g/mol. The number of hydrogen-bond acceptors (Lipinski definition) is 2. The van der Waals surface area contributed by atoms with Gasteiger partial charge in [-0.05, 0) is 36.0 Å². The number of benzene rings is 2. The van der Waals surface area contributed by atoms with Gasteiger partial charge in [0.1, 0.15) is 0 Å². The molecule has 1 aliphatic carbocycles. The Hall–Kier alpha value is -2.62. The molecule has 1 amide bonds. The smallest absolute Gasteiger partial charge is 0.310 e. The molecule has 4 heteroatoms. The molecule has 1 fully saturated rings. The minimum Gasteiger partial charge on any atom is -0.481 e. The SMILES string of the molecule is CCC1(C(=O)O)CC[C@H]1c1ccc(CC(=O)NCc2ccccc2)cc1. The highest BCUT2D eigenvalue weighted by molar-refractivity contribution is 5.79. The van der Waals surface area contributed by atoms with Crippen molar-refractivity contribution in [2.24, 2.45) is 5.41 Å². The van der Waals surface area contributed by atoms with E-state index in [4.69, 9.17) is 0 Å². The maximum absolute atomic E-state index is 12.1. The minimum absolute atomic E-state index is 0.0151. The zero-order valence-corrected chi connectivity index (χ0v) is 15.1. The quantitative estimate of drug-likeness (QED) is 0.795. The van der Waals surface area contributed by atoms with E-state index in [1.165, 1.54) is 0 Å². The van der Waals surface area contributed by atoms with E-state index < -0.39 is 11.4 Å². The summed E-state index contributed by atoms with van der Waals surface area (Å²) in [6.45, 7) is 2.48. The lowest BCUT2D eigenvalue weighted by atomic mass is 9.56. The van der Waals surface area contributed by atoms with Gasteiger partial charge in [-0.1, -0.05) is 61.5 Å². The normalized spacial score (nSPS) is 21.7. The molecule has 1 saturated carbocycles. The maximum atomic E-state index is 12.1. The van der Waals surface area contributed by atoms with Crippen LogP contribution in [-0.4, -0.2) is 17.0 Å². The van der Waals surface area contributed by atoms with E-state index in [1.807, 2.05) is 61.5 Å². The molecule has 0 aromatic heterocycles. The highest BCUT2D eigenvalue weighted by Crippen LogP contribution is 2.55. The molecule has 0 aliphatic heterocycles. The van der Waals surface area contributed by atoms with Crippen LogP contribution >= 0.6 is 0 Å². The van der Waals surface area contributed by atoms with Crippen LogP contribution in [0.15, 0.2) is 54.6 Å². The molecule has 3 rings (SSSR count). The molecular weight excluding hydrogens is 326 g/mol. The van der Waals surface area contributed by atoms with E-state index in [0.717, 1.165) is 29.5 Å². The van der Waals surface area contributed by atoms with Gasteiger partial charge in [0, 0.05) is 12.5 Å². The molecule has 26 heavy (non-hydrogen) atoms. The molecule has 2 atom stereocenters. The van der Waals surface area contributed by atoms with Gasteiger partial charge in [-0.25, -0.2) is 0 Å². The lowest BCUT2D eigenvalue weighted by Crippen LogP contribution is -2.44. The van der Waals surface area contributed by atoms with Gasteiger partial charge in [-0.2, -0.15) is 0 Å². The van der Waals surface area contributed by atoms with E-state index in [1.54, 1.807) is 0 Å². The lowest BCUT2D eigenvalue weighted by molar-refractivity contribution is -0.157. The third-order valence-electron chi connectivity index (χ3n) is 5.68. The van der Waals surface area contributed by atoms with Crippen LogP contribution < -0.4 is 5.32 Å². The Balaban J connectivity index is 1.58. The summed E-state index contributed by atoms with van der Waals surface area (Å²) in [5, 5.41) is 12.5. The largest absolute Gasteiger partial charge is 0.481 e. The third kappa shape index (κ3) is 3.64. The summed E-state index contributed by atoms with van der Waals surface area (Å²) in [5.41, 5.74) is 2.46. The van der Waals surface area contributed by atoms with Crippen LogP contribution in [-0.2, 0) is 22.6 Å². The van der Waals surface area contributed by atoms with E-state index >= 15 is 0 Å². The van der Waals surface area contributed by atoms with Crippen LogP contribution in [0.4, 0.5) is 0 Å². The molecule has 0 bridgehead atoms. The Morgan fingerprint density at radius 2 is 1.77 bits per heavy atom. The van der Waals surface area contributed by atoms with Gasteiger partial charge < -0.3 is 10.4 Å². The van der Waals surface area contributed by atoms with Crippen molar-refractivity contribution in [3.63, 3.8) is 0 Å². The number of amides is 1. The molecule has 0 radical (unpaired) electrons. The monoisotopic (exact) mass is 351 g/mol. The van der Waals surface area contributed by atoms with Crippen LogP contribution in [0.2, 0.25) is 0 Å². The van der Waals surface area contributed by atoms with E-state index in [0.29, 0.717) is 19.4 Å². The van der Waals surface area contributed by atoms with Crippen molar-refractivity contribution in [2.75, 3.05) is 0 Å². The molecule has 0 saturated heterocycles.